The molecule has 2 aromatic heterocycles. The van der Waals surface area contributed by atoms with Crippen molar-refractivity contribution in [2.24, 2.45) is 0 Å². The molecule has 5 rings (SSSR count). The fourth-order valence-electron chi connectivity index (χ4n) is 3.80. The van der Waals surface area contributed by atoms with Crippen molar-refractivity contribution in [3.05, 3.63) is 98.6 Å². The lowest BCUT2D eigenvalue weighted by atomic mass is 10.1. The van der Waals surface area contributed by atoms with Gasteiger partial charge in [-0.05, 0) is 24.3 Å². The van der Waals surface area contributed by atoms with E-state index >= 15 is 0 Å². The molecule has 0 radical (unpaired) electrons. The maximum absolute atomic E-state index is 12.7. The van der Waals surface area contributed by atoms with Gasteiger partial charge < -0.3 is 9.40 Å². The number of aromatic amines is 1. The lowest BCUT2D eigenvalue weighted by Crippen LogP contribution is -2.35. The zero-order valence-electron chi connectivity index (χ0n) is 16.3. The lowest BCUT2D eigenvalue weighted by Gasteiger charge is -2.26. The summed E-state index contributed by atoms with van der Waals surface area (Å²) in [5.74, 6) is 2.38. The first-order chi connectivity index (χ1) is 14.7. The number of nitrogens with one attached hydrogen (secondary N) is 1. The Morgan fingerprint density at radius 2 is 1.80 bits per heavy atom. The Kier molecular flexibility index (Phi) is 5.11. The number of fused-ring (bicyclic) bond motifs is 1. The van der Waals surface area contributed by atoms with Crippen molar-refractivity contribution >= 4 is 15.9 Å². The van der Waals surface area contributed by atoms with Crippen LogP contribution >= 0.6 is 15.9 Å². The lowest BCUT2D eigenvalue weighted by molar-refractivity contribution is 0.223. The standard InChI is InChI=1S/C24H20BrN3O2/c25-18-8-6-16(7-9-18)22-11-10-19(30-22)14-28-13-12-21-20(15-28)24(29)27-23(26-21)17-4-2-1-3-5-17/h1-11H,12-15H2,(H,26,27,29). The second-order valence-electron chi connectivity index (χ2n) is 7.44. The molecule has 0 bridgehead atoms. The molecule has 150 valence electrons. The van der Waals surface area contributed by atoms with Gasteiger partial charge in [0, 0.05) is 35.1 Å². The molecule has 1 N–H and O–H groups in total. The zero-order valence-corrected chi connectivity index (χ0v) is 17.9. The fourth-order valence-corrected chi connectivity index (χ4v) is 4.07. The highest BCUT2D eigenvalue weighted by molar-refractivity contribution is 9.10. The molecule has 3 heterocycles. The highest BCUT2D eigenvalue weighted by Crippen LogP contribution is 2.26. The first kappa shape index (κ1) is 19.0. The Morgan fingerprint density at radius 1 is 1.00 bits per heavy atom. The molecule has 1 aliphatic rings. The molecule has 0 aliphatic carbocycles. The molecule has 6 heteroatoms. The highest BCUT2D eigenvalue weighted by atomic mass is 79.9. The first-order valence-electron chi connectivity index (χ1n) is 9.90. The van der Waals surface area contributed by atoms with Crippen LogP contribution in [-0.2, 0) is 19.5 Å². The van der Waals surface area contributed by atoms with Crippen LogP contribution in [0.3, 0.4) is 0 Å². The summed E-state index contributed by atoms with van der Waals surface area (Å²) in [5.41, 5.74) is 3.56. The van der Waals surface area contributed by atoms with Gasteiger partial charge in [0.05, 0.1) is 17.8 Å². The summed E-state index contributed by atoms with van der Waals surface area (Å²) in [7, 11) is 0. The van der Waals surface area contributed by atoms with Gasteiger partial charge in [0.25, 0.3) is 5.56 Å². The van der Waals surface area contributed by atoms with E-state index in [-0.39, 0.29) is 5.56 Å². The van der Waals surface area contributed by atoms with E-state index in [0.29, 0.717) is 18.9 Å². The van der Waals surface area contributed by atoms with Crippen LogP contribution < -0.4 is 5.56 Å². The SMILES string of the molecule is O=c1[nH]c(-c2ccccc2)nc2c1CN(Cc1ccc(-c3ccc(Br)cc3)o1)CC2. The predicted molar refractivity (Wildman–Crippen MR) is 120 cm³/mol. The number of halogens is 1. The van der Waals surface area contributed by atoms with Crippen molar-refractivity contribution in [3.8, 4) is 22.7 Å². The van der Waals surface area contributed by atoms with Gasteiger partial charge in [-0.2, -0.15) is 0 Å². The van der Waals surface area contributed by atoms with Crippen molar-refractivity contribution in [2.75, 3.05) is 6.54 Å². The van der Waals surface area contributed by atoms with E-state index < -0.39 is 0 Å². The molecule has 30 heavy (non-hydrogen) atoms. The molecule has 2 aromatic carbocycles. The third-order valence-corrected chi connectivity index (χ3v) is 5.89. The minimum Gasteiger partial charge on any atom is -0.460 e. The van der Waals surface area contributed by atoms with E-state index in [1.807, 2.05) is 66.7 Å². The van der Waals surface area contributed by atoms with E-state index in [1.54, 1.807) is 0 Å². The zero-order chi connectivity index (χ0) is 20.5. The van der Waals surface area contributed by atoms with Gasteiger partial charge >= 0.3 is 0 Å². The van der Waals surface area contributed by atoms with Gasteiger partial charge in [-0.1, -0.05) is 58.4 Å². The van der Waals surface area contributed by atoms with Gasteiger partial charge in [0.2, 0.25) is 0 Å². The van der Waals surface area contributed by atoms with Crippen LogP contribution in [0.15, 0.2) is 80.4 Å². The smallest absolute Gasteiger partial charge is 0.255 e. The number of H-pyrrole nitrogens is 1. The van der Waals surface area contributed by atoms with Crippen LogP contribution in [0.25, 0.3) is 22.7 Å². The summed E-state index contributed by atoms with van der Waals surface area (Å²) < 4.78 is 7.09. The maximum Gasteiger partial charge on any atom is 0.255 e. The van der Waals surface area contributed by atoms with Gasteiger partial charge in [-0.15, -0.1) is 0 Å². The van der Waals surface area contributed by atoms with Crippen molar-refractivity contribution < 1.29 is 4.42 Å². The number of hydrogen-bond acceptors (Lipinski definition) is 4. The van der Waals surface area contributed by atoms with E-state index in [2.05, 4.69) is 25.8 Å². The minimum absolute atomic E-state index is 0.0569. The third-order valence-electron chi connectivity index (χ3n) is 5.36. The highest BCUT2D eigenvalue weighted by Gasteiger charge is 2.22. The normalized spacial score (nSPS) is 13.9. The van der Waals surface area contributed by atoms with Crippen LogP contribution in [0.2, 0.25) is 0 Å². The molecule has 0 unspecified atom stereocenters. The van der Waals surface area contributed by atoms with Crippen LogP contribution in [-0.4, -0.2) is 21.4 Å². The molecule has 4 aromatic rings. The number of rotatable bonds is 4. The predicted octanol–water partition coefficient (Wildman–Crippen LogP) is 5.02. The molecular formula is C24H20BrN3O2. The second kappa shape index (κ2) is 8.05. The van der Waals surface area contributed by atoms with Gasteiger partial charge in [0.1, 0.15) is 17.3 Å². The topological polar surface area (TPSA) is 62.1 Å². The van der Waals surface area contributed by atoms with Gasteiger partial charge in [0.15, 0.2) is 0 Å². The number of benzene rings is 2. The quantitative estimate of drug-likeness (QED) is 0.463. The molecule has 0 atom stereocenters. The van der Waals surface area contributed by atoms with E-state index in [0.717, 1.165) is 51.3 Å². The number of nitrogens with zero attached hydrogens (tertiary/aromatic N) is 2. The summed E-state index contributed by atoms with van der Waals surface area (Å²) in [5, 5.41) is 0. The summed E-state index contributed by atoms with van der Waals surface area (Å²) in [6.07, 6.45) is 0.749. The molecule has 1 aliphatic heterocycles. The van der Waals surface area contributed by atoms with Crippen LogP contribution in [0, 0.1) is 0 Å². The average Bonchev–Trinajstić information content (AvgIpc) is 3.23. The molecule has 0 saturated carbocycles. The number of aromatic nitrogens is 2. The molecule has 5 nitrogen and oxygen atoms in total. The van der Waals surface area contributed by atoms with Crippen LogP contribution in [0.4, 0.5) is 0 Å². The van der Waals surface area contributed by atoms with Crippen LogP contribution in [0.1, 0.15) is 17.0 Å². The van der Waals surface area contributed by atoms with E-state index in [1.165, 1.54) is 0 Å². The Morgan fingerprint density at radius 3 is 2.60 bits per heavy atom. The summed E-state index contributed by atoms with van der Waals surface area (Å²) >= 11 is 3.46. The summed E-state index contributed by atoms with van der Waals surface area (Å²) in [6.45, 7) is 2.07. The fraction of sp³-hybridized carbons (Fsp3) is 0.167. The van der Waals surface area contributed by atoms with Crippen molar-refractivity contribution in [1.82, 2.24) is 14.9 Å². The number of furan rings is 1. The Bertz CT molecular complexity index is 1230. The Hall–Kier alpha value is -2.96. The second-order valence-corrected chi connectivity index (χ2v) is 8.35. The first-order valence-corrected chi connectivity index (χ1v) is 10.7. The van der Waals surface area contributed by atoms with Gasteiger partial charge in [-0.25, -0.2) is 4.98 Å². The molecule has 0 fully saturated rings. The Balaban J connectivity index is 1.33. The van der Waals surface area contributed by atoms with Gasteiger partial charge in [-0.3, -0.25) is 9.69 Å². The minimum atomic E-state index is -0.0569. The summed E-state index contributed by atoms with van der Waals surface area (Å²) in [6, 6.07) is 21.8. The Labute approximate surface area is 182 Å². The van der Waals surface area contributed by atoms with E-state index in [9.17, 15) is 4.79 Å². The molecular weight excluding hydrogens is 442 g/mol. The van der Waals surface area contributed by atoms with Crippen molar-refractivity contribution in [1.29, 1.82) is 0 Å². The molecule has 0 amide bonds. The third kappa shape index (κ3) is 3.88. The van der Waals surface area contributed by atoms with E-state index in [4.69, 9.17) is 9.40 Å². The molecule has 0 spiro atoms. The van der Waals surface area contributed by atoms with Crippen LogP contribution in [0.5, 0.6) is 0 Å². The maximum atomic E-state index is 12.7. The van der Waals surface area contributed by atoms with Crippen molar-refractivity contribution in [3.63, 3.8) is 0 Å². The number of hydrogen-bond donors (Lipinski definition) is 1. The average molecular weight is 462 g/mol. The largest absolute Gasteiger partial charge is 0.460 e. The molecule has 0 saturated heterocycles. The van der Waals surface area contributed by atoms with Crippen molar-refractivity contribution in [2.45, 2.75) is 19.5 Å². The summed E-state index contributed by atoms with van der Waals surface area (Å²) in [4.78, 5) is 22.6. The monoisotopic (exact) mass is 461 g/mol.